The molecule has 0 spiro atoms. The molecule has 0 amide bonds. The highest BCUT2D eigenvalue weighted by molar-refractivity contribution is 5.89. The average molecular weight is 367 g/mol. The van der Waals surface area contributed by atoms with E-state index in [4.69, 9.17) is 4.74 Å². The second kappa shape index (κ2) is 7.15. The maximum Gasteiger partial charge on any atom is 0.319 e. The maximum absolute atomic E-state index is 13.5. The van der Waals surface area contributed by atoms with Crippen molar-refractivity contribution in [2.75, 3.05) is 7.11 Å². The van der Waals surface area contributed by atoms with Crippen LogP contribution in [-0.4, -0.2) is 29.5 Å². The fourth-order valence-electron chi connectivity index (χ4n) is 3.77. The fourth-order valence-corrected chi connectivity index (χ4v) is 3.77. The van der Waals surface area contributed by atoms with Crippen LogP contribution in [0.3, 0.4) is 0 Å². The molecule has 138 valence electrons. The Labute approximate surface area is 155 Å². The van der Waals surface area contributed by atoms with Crippen molar-refractivity contribution in [2.24, 2.45) is 0 Å². The second-order valence-corrected chi connectivity index (χ2v) is 6.28. The first-order chi connectivity index (χ1) is 13.0. The highest BCUT2D eigenvalue weighted by Gasteiger charge is 2.57. The molecule has 0 bridgehead atoms. The van der Waals surface area contributed by atoms with Crippen molar-refractivity contribution in [3.63, 3.8) is 0 Å². The fraction of sp³-hybridized carbons (Fsp3) is 0.190. The van der Waals surface area contributed by atoms with Gasteiger partial charge in [-0.1, -0.05) is 18.2 Å². The van der Waals surface area contributed by atoms with Crippen LogP contribution in [0.15, 0.2) is 72.8 Å². The Bertz CT molecular complexity index is 908. The number of nitrogens with zero attached hydrogens (tertiary/aromatic N) is 1. The number of rotatable bonds is 6. The molecule has 0 saturated heterocycles. The number of hydrogen-bond donors (Lipinski definition) is 1. The van der Waals surface area contributed by atoms with Crippen molar-refractivity contribution in [1.82, 2.24) is 4.98 Å². The number of halogens is 1. The number of carbonyl (C=O) groups is 2. The molecule has 1 aliphatic carbocycles. The molecule has 1 aliphatic rings. The Kier molecular flexibility index (Phi) is 4.90. The lowest BCUT2D eigenvalue weighted by Crippen LogP contribution is -2.54. The van der Waals surface area contributed by atoms with E-state index >= 15 is 0 Å². The average Bonchev–Trinajstić information content (AvgIpc) is 2.69. The number of pyridine rings is 1. The second-order valence-electron chi connectivity index (χ2n) is 6.28. The summed E-state index contributed by atoms with van der Waals surface area (Å²) in [6, 6.07) is 8.71. The zero-order valence-electron chi connectivity index (χ0n) is 14.6. The van der Waals surface area contributed by atoms with Gasteiger partial charge < -0.3 is 14.6 Å². The summed E-state index contributed by atoms with van der Waals surface area (Å²) in [6.07, 6.45) is 8.26. The van der Waals surface area contributed by atoms with Gasteiger partial charge in [0.05, 0.1) is 7.11 Å². The summed E-state index contributed by atoms with van der Waals surface area (Å²) < 4.78 is 18.9. The predicted molar refractivity (Wildman–Crippen MR) is 96.5 cm³/mol. The largest absolute Gasteiger partial charge is 0.497 e. The number of carbonyl (C=O) groups excluding carboxylic acids is 1. The first-order valence-electron chi connectivity index (χ1n) is 8.30. The molecule has 1 N–H and O–H groups in total. The molecule has 0 fully saturated rings. The Balaban J connectivity index is 2.40. The van der Waals surface area contributed by atoms with Crippen molar-refractivity contribution in [1.29, 1.82) is 0 Å². The standard InChI is InChI=1S/C21H18FNO4/c1-27-18-6-9-21(19(25)26,16-7-11-23-12-8-16)20(14-18,10-13-24)15-2-4-17(22)5-3-15/h2-9,11-14H,10H2,1H3,(H,25,26). The highest BCUT2D eigenvalue weighted by Crippen LogP contribution is 2.51. The number of allylic oxidation sites excluding steroid dienone is 2. The molecule has 5 nitrogen and oxygen atoms in total. The third-order valence-corrected chi connectivity index (χ3v) is 5.06. The first-order valence-corrected chi connectivity index (χ1v) is 8.30. The summed E-state index contributed by atoms with van der Waals surface area (Å²) in [6.45, 7) is 0. The van der Waals surface area contributed by atoms with Gasteiger partial charge in [0.15, 0.2) is 0 Å². The van der Waals surface area contributed by atoms with Gasteiger partial charge in [0.1, 0.15) is 23.3 Å². The van der Waals surface area contributed by atoms with Gasteiger partial charge in [-0.3, -0.25) is 9.78 Å². The molecule has 27 heavy (non-hydrogen) atoms. The van der Waals surface area contributed by atoms with Crippen molar-refractivity contribution in [3.8, 4) is 0 Å². The summed E-state index contributed by atoms with van der Waals surface area (Å²) in [7, 11) is 1.46. The van der Waals surface area contributed by atoms with E-state index in [0.717, 1.165) is 0 Å². The molecule has 3 rings (SSSR count). The van der Waals surface area contributed by atoms with Crippen LogP contribution in [0.25, 0.3) is 0 Å². The van der Waals surface area contributed by atoms with Crippen molar-refractivity contribution in [3.05, 3.63) is 89.7 Å². The topological polar surface area (TPSA) is 76.5 Å². The molecule has 0 saturated carbocycles. The summed E-state index contributed by atoms with van der Waals surface area (Å²) in [4.78, 5) is 28.3. The lowest BCUT2D eigenvalue weighted by Gasteiger charge is -2.46. The van der Waals surface area contributed by atoms with E-state index in [1.165, 1.54) is 49.8 Å². The number of aliphatic carboxylic acids is 1. The Morgan fingerprint density at radius 2 is 1.85 bits per heavy atom. The molecular formula is C21H18FNO4. The number of ether oxygens (including phenoxy) is 1. The highest BCUT2D eigenvalue weighted by atomic mass is 19.1. The number of hydrogen-bond acceptors (Lipinski definition) is 4. The minimum Gasteiger partial charge on any atom is -0.497 e. The Morgan fingerprint density at radius 1 is 1.19 bits per heavy atom. The van der Waals surface area contributed by atoms with Crippen LogP contribution >= 0.6 is 0 Å². The molecule has 2 unspecified atom stereocenters. The SMILES string of the molecule is COC1=CC(CC=O)(c2ccc(F)cc2)C(C(=O)O)(c2ccncc2)C=C1. The van der Waals surface area contributed by atoms with E-state index in [-0.39, 0.29) is 6.42 Å². The van der Waals surface area contributed by atoms with Gasteiger partial charge in [0, 0.05) is 24.2 Å². The Hall–Kier alpha value is -3.28. The molecule has 6 heteroatoms. The number of carboxylic acid groups (broad SMARTS) is 1. The smallest absolute Gasteiger partial charge is 0.319 e. The minimum absolute atomic E-state index is 0.134. The van der Waals surface area contributed by atoms with Crippen LogP contribution in [0.4, 0.5) is 4.39 Å². The summed E-state index contributed by atoms with van der Waals surface area (Å²) in [5, 5.41) is 10.3. The van der Waals surface area contributed by atoms with Crippen LogP contribution in [0, 0.1) is 5.82 Å². The van der Waals surface area contributed by atoms with Gasteiger partial charge in [-0.25, -0.2) is 4.39 Å². The predicted octanol–water partition coefficient (Wildman–Crippen LogP) is 3.17. The maximum atomic E-state index is 13.5. The molecule has 1 aromatic heterocycles. The quantitative estimate of drug-likeness (QED) is 0.794. The van der Waals surface area contributed by atoms with Crippen LogP contribution < -0.4 is 0 Å². The van der Waals surface area contributed by atoms with Gasteiger partial charge >= 0.3 is 5.97 Å². The van der Waals surface area contributed by atoms with E-state index in [2.05, 4.69) is 4.98 Å². The normalized spacial score (nSPS) is 24.1. The van der Waals surface area contributed by atoms with Gasteiger partial charge in [-0.05, 0) is 47.5 Å². The third-order valence-electron chi connectivity index (χ3n) is 5.06. The van der Waals surface area contributed by atoms with Crippen LogP contribution in [0.1, 0.15) is 17.5 Å². The minimum atomic E-state index is -1.60. The third kappa shape index (κ3) is 2.83. The number of carboxylic acids is 1. The molecule has 1 aromatic carbocycles. The molecule has 1 heterocycles. The summed E-state index contributed by atoms with van der Waals surface area (Å²) >= 11 is 0. The number of benzene rings is 1. The molecule has 2 aromatic rings. The lowest BCUT2D eigenvalue weighted by molar-refractivity contribution is -0.144. The molecule has 0 radical (unpaired) electrons. The molecule has 0 aliphatic heterocycles. The van der Waals surface area contributed by atoms with Gasteiger partial charge in [-0.15, -0.1) is 0 Å². The van der Waals surface area contributed by atoms with E-state index in [9.17, 15) is 19.1 Å². The zero-order valence-corrected chi connectivity index (χ0v) is 14.6. The van der Waals surface area contributed by atoms with Crippen molar-refractivity contribution < 1.29 is 23.8 Å². The van der Waals surface area contributed by atoms with E-state index in [1.54, 1.807) is 24.3 Å². The number of aldehydes is 1. The van der Waals surface area contributed by atoms with Gasteiger partial charge in [0.2, 0.25) is 0 Å². The monoisotopic (exact) mass is 367 g/mol. The van der Waals surface area contributed by atoms with E-state index in [1.807, 2.05) is 0 Å². The molecular weight excluding hydrogens is 349 g/mol. The molecule has 2 atom stereocenters. The van der Waals surface area contributed by atoms with E-state index in [0.29, 0.717) is 23.2 Å². The number of aromatic nitrogens is 1. The number of methoxy groups -OCH3 is 1. The van der Waals surface area contributed by atoms with Crippen LogP contribution in [0.5, 0.6) is 0 Å². The van der Waals surface area contributed by atoms with E-state index < -0.39 is 22.6 Å². The summed E-state index contributed by atoms with van der Waals surface area (Å²) in [5.74, 6) is -1.17. The van der Waals surface area contributed by atoms with Crippen LogP contribution in [-0.2, 0) is 25.2 Å². The van der Waals surface area contributed by atoms with Crippen LogP contribution in [0.2, 0.25) is 0 Å². The van der Waals surface area contributed by atoms with Gasteiger partial charge in [0.25, 0.3) is 0 Å². The van der Waals surface area contributed by atoms with Crippen molar-refractivity contribution >= 4 is 12.3 Å². The Morgan fingerprint density at radius 3 is 2.41 bits per heavy atom. The summed E-state index contributed by atoms with van der Waals surface area (Å²) in [5.41, 5.74) is -1.96. The zero-order chi connectivity index (χ0) is 19.5. The van der Waals surface area contributed by atoms with Crippen molar-refractivity contribution in [2.45, 2.75) is 17.3 Å². The lowest BCUT2D eigenvalue weighted by atomic mass is 9.54. The first kappa shape index (κ1) is 18.5. The van der Waals surface area contributed by atoms with Gasteiger partial charge in [-0.2, -0.15) is 0 Å².